The van der Waals surface area contributed by atoms with E-state index in [1.807, 2.05) is 13.2 Å². The van der Waals surface area contributed by atoms with Gasteiger partial charge in [0.1, 0.15) is 6.04 Å². The van der Waals surface area contributed by atoms with Gasteiger partial charge in [0.2, 0.25) is 11.8 Å². The second-order valence-corrected chi connectivity index (χ2v) is 6.02. The van der Waals surface area contributed by atoms with Gasteiger partial charge in [-0.2, -0.15) is 11.8 Å². The molecule has 0 saturated carbocycles. The Kier molecular flexibility index (Phi) is 5.31. The highest BCUT2D eigenvalue weighted by molar-refractivity contribution is 7.99. The van der Waals surface area contributed by atoms with E-state index in [9.17, 15) is 9.59 Å². The zero-order valence-electron chi connectivity index (χ0n) is 11.0. The van der Waals surface area contributed by atoms with E-state index in [1.165, 1.54) is 11.8 Å². The van der Waals surface area contributed by atoms with E-state index in [4.69, 9.17) is 0 Å². The monoisotopic (exact) mass is 258 g/mol. The summed E-state index contributed by atoms with van der Waals surface area (Å²) >= 11 is 1.53. The molecule has 2 unspecified atom stereocenters. The van der Waals surface area contributed by atoms with Crippen molar-refractivity contribution in [3.63, 3.8) is 0 Å². The van der Waals surface area contributed by atoms with Gasteiger partial charge in [-0.1, -0.05) is 13.8 Å². The van der Waals surface area contributed by atoms with Crippen molar-refractivity contribution in [2.45, 2.75) is 38.5 Å². The molecule has 0 aromatic carbocycles. The average Bonchev–Trinajstić information content (AvgIpc) is 2.29. The maximum Gasteiger partial charge on any atom is 0.242 e. The van der Waals surface area contributed by atoms with E-state index in [-0.39, 0.29) is 23.1 Å². The minimum absolute atomic E-state index is 0.00777. The first-order valence-corrected chi connectivity index (χ1v) is 7.37. The molecule has 1 saturated heterocycles. The summed E-state index contributed by atoms with van der Waals surface area (Å²) in [6, 6.07) is -0.286. The Balaban J connectivity index is 2.78. The van der Waals surface area contributed by atoms with Gasteiger partial charge in [-0.05, 0) is 25.5 Å². The number of thioether (sulfide) groups is 1. The summed E-state index contributed by atoms with van der Waals surface area (Å²) in [4.78, 5) is 25.8. The third kappa shape index (κ3) is 3.63. The van der Waals surface area contributed by atoms with Crippen molar-refractivity contribution < 1.29 is 9.59 Å². The fourth-order valence-corrected chi connectivity index (χ4v) is 2.33. The van der Waals surface area contributed by atoms with Crippen LogP contribution in [0.5, 0.6) is 0 Å². The number of piperazine rings is 1. The van der Waals surface area contributed by atoms with Crippen molar-refractivity contribution in [3.05, 3.63) is 0 Å². The molecule has 1 N–H and O–H groups in total. The molecule has 0 spiro atoms. The number of hydrogen-bond donors (Lipinski definition) is 1. The lowest BCUT2D eigenvalue weighted by Crippen LogP contribution is -2.58. The van der Waals surface area contributed by atoms with E-state index in [2.05, 4.69) is 19.2 Å². The molecule has 0 radical (unpaired) electrons. The third-order valence-corrected chi connectivity index (χ3v) is 3.92. The lowest BCUT2D eigenvalue weighted by Gasteiger charge is -2.37. The summed E-state index contributed by atoms with van der Waals surface area (Å²) in [5.74, 6) is 0.480. The molecule has 98 valence electrons. The summed E-state index contributed by atoms with van der Waals surface area (Å²) in [7, 11) is 0. The van der Waals surface area contributed by atoms with Crippen molar-refractivity contribution in [1.29, 1.82) is 0 Å². The molecule has 2 amide bonds. The first-order valence-electron chi connectivity index (χ1n) is 6.08. The van der Waals surface area contributed by atoms with Gasteiger partial charge >= 0.3 is 0 Å². The van der Waals surface area contributed by atoms with Crippen molar-refractivity contribution >= 4 is 23.6 Å². The molecule has 1 aliphatic heterocycles. The first-order chi connectivity index (χ1) is 7.97. The van der Waals surface area contributed by atoms with Gasteiger partial charge in [0.15, 0.2) is 0 Å². The number of nitrogens with one attached hydrogen (secondary N) is 1. The van der Waals surface area contributed by atoms with Crippen LogP contribution in [-0.4, -0.2) is 47.4 Å². The number of rotatable bonds is 4. The highest BCUT2D eigenvalue weighted by Gasteiger charge is 2.34. The van der Waals surface area contributed by atoms with Crippen LogP contribution in [0.1, 0.15) is 27.2 Å². The molecule has 0 aliphatic carbocycles. The SMILES string of the molecule is CSC(C)C(=O)N1CCNC(=O)C1CC(C)C. The van der Waals surface area contributed by atoms with Crippen LogP contribution in [0.2, 0.25) is 0 Å². The number of nitrogens with zero attached hydrogens (tertiary/aromatic N) is 1. The van der Waals surface area contributed by atoms with E-state index < -0.39 is 0 Å². The molecule has 2 atom stereocenters. The van der Waals surface area contributed by atoms with Crippen molar-refractivity contribution in [1.82, 2.24) is 10.2 Å². The van der Waals surface area contributed by atoms with Crippen LogP contribution in [0.3, 0.4) is 0 Å². The third-order valence-electron chi connectivity index (χ3n) is 3.01. The van der Waals surface area contributed by atoms with Crippen LogP contribution < -0.4 is 5.32 Å². The second-order valence-electron chi connectivity index (χ2n) is 4.85. The standard InChI is InChI=1S/C12H22N2O2S/c1-8(2)7-10-11(15)13-5-6-14(10)12(16)9(3)17-4/h8-10H,5-7H2,1-4H3,(H,13,15). The summed E-state index contributed by atoms with van der Waals surface area (Å²) in [5, 5.41) is 2.77. The van der Waals surface area contributed by atoms with Crippen LogP contribution >= 0.6 is 11.8 Å². The Bertz CT molecular complexity index is 294. The molecule has 4 nitrogen and oxygen atoms in total. The second kappa shape index (κ2) is 6.28. The van der Waals surface area contributed by atoms with E-state index in [0.29, 0.717) is 19.0 Å². The summed E-state index contributed by atoms with van der Waals surface area (Å²) in [5.41, 5.74) is 0. The minimum atomic E-state index is -0.286. The largest absolute Gasteiger partial charge is 0.353 e. The molecule has 0 aromatic rings. The molecule has 0 bridgehead atoms. The maximum absolute atomic E-state index is 12.2. The van der Waals surface area contributed by atoms with Crippen LogP contribution in [0.25, 0.3) is 0 Å². The zero-order valence-corrected chi connectivity index (χ0v) is 11.8. The smallest absolute Gasteiger partial charge is 0.242 e. The Morgan fingerprint density at radius 1 is 1.53 bits per heavy atom. The predicted octanol–water partition coefficient (Wildman–Crippen LogP) is 1.11. The van der Waals surface area contributed by atoms with Crippen LogP contribution in [0.4, 0.5) is 0 Å². The Morgan fingerprint density at radius 3 is 2.71 bits per heavy atom. The molecular formula is C12H22N2O2S. The Labute approximate surface area is 108 Å². The fourth-order valence-electron chi connectivity index (χ4n) is 1.99. The Hall–Kier alpha value is -0.710. The normalized spacial score (nSPS) is 22.5. The minimum Gasteiger partial charge on any atom is -0.353 e. The topological polar surface area (TPSA) is 49.4 Å². The quantitative estimate of drug-likeness (QED) is 0.822. The van der Waals surface area contributed by atoms with Gasteiger partial charge in [-0.25, -0.2) is 0 Å². The summed E-state index contributed by atoms with van der Waals surface area (Å²) in [6.07, 6.45) is 2.66. The molecule has 17 heavy (non-hydrogen) atoms. The maximum atomic E-state index is 12.2. The molecular weight excluding hydrogens is 236 g/mol. The molecule has 1 fully saturated rings. The first kappa shape index (κ1) is 14.4. The van der Waals surface area contributed by atoms with Gasteiger partial charge in [-0.15, -0.1) is 0 Å². The van der Waals surface area contributed by atoms with Gasteiger partial charge < -0.3 is 10.2 Å². The van der Waals surface area contributed by atoms with Crippen molar-refractivity contribution in [3.8, 4) is 0 Å². The summed E-state index contributed by atoms with van der Waals surface area (Å²) < 4.78 is 0. The molecule has 1 aliphatic rings. The molecule has 1 heterocycles. The number of carbonyl (C=O) groups excluding carboxylic acids is 2. The van der Waals surface area contributed by atoms with Crippen molar-refractivity contribution in [2.75, 3.05) is 19.3 Å². The number of carbonyl (C=O) groups is 2. The lowest BCUT2D eigenvalue weighted by molar-refractivity contribution is -0.143. The highest BCUT2D eigenvalue weighted by Crippen LogP contribution is 2.18. The van der Waals surface area contributed by atoms with Crippen LogP contribution in [0.15, 0.2) is 0 Å². The van der Waals surface area contributed by atoms with Crippen LogP contribution in [-0.2, 0) is 9.59 Å². The van der Waals surface area contributed by atoms with Gasteiger partial charge in [-0.3, -0.25) is 9.59 Å². The lowest BCUT2D eigenvalue weighted by atomic mass is 10.00. The number of amides is 2. The van der Waals surface area contributed by atoms with E-state index in [0.717, 1.165) is 6.42 Å². The van der Waals surface area contributed by atoms with Gasteiger partial charge in [0.05, 0.1) is 5.25 Å². The van der Waals surface area contributed by atoms with E-state index >= 15 is 0 Å². The molecule has 0 aromatic heterocycles. The molecule has 5 heteroatoms. The average molecular weight is 258 g/mol. The zero-order chi connectivity index (χ0) is 13.0. The van der Waals surface area contributed by atoms with E-state index in [1.54, 1.807) is 4.90 Å². The van der Waals surface area contributed by atoms with Gasteiger partial charge in [0, 0.05) is 13.1 Å². The van der Waals surface area contributed by atoms with Crippen molar-refractivity contribution in [2.24, 2.45) is 5.92 Å². The molecule has 1 rings (SSSR count). The van der Waals surface area contributed by atoms with Gasteiger partial charge in [0.25, 0.3) is 0 Å². The Morgan fingerprint density at radius 2 is 2.18 bits per heavy atom. The fraction of sp³-hybridized carbons (Fsp3) is 0.833. The predicted molar refractivity (Wildman–Crippen MR) is 70.9 cm³/mol. The number of hydrogen-bond acceptors (Lipinski definition) is 3. The summed E-state index contributed by atoms with van der Waals surface area (Å²) in [6.45, 7) is 7.24. The van der Waals surface area contributed by atoms with Crippen LogP contribution in [0, 0.1) is 5.92 Å². The highest BCUT2D eigenvalue weighted by atomic mass is 32.2.